The molecule has 0 aliphatic carbocycles. The van der Waals surface area contributed by atoms with Gasteiger partial charge < -0.3 is 16.0 Å². The number of hydrogen-bond acceptors (Lipinski definition) is 3. The standard InChI is InChI=1S/C14H29N3O2/c1-10(2)6-12(8-15)7-13(18)17(5)9-11(3)14(19)16-4/h10-12H,6-9,15H2,1-5H3,(H,16,19). The minimum Gasteiger partial charge on any atom is -0.359 e. The first-order chi connectivity index (χ1) is 8.81. The van der Waals surface area contributed by atoms with Crippen LogP contribution in [0, 0.1) is 17.8 Å². The molecule has 5 heteroatoms. The van der Waals surface area contributed by atoms with Crippen LogP contribution in [-0.2, 0) is 9.59 Å². The number of nitrogens with two attached hydrogens (primary N) is 1. The molecule has 5 nitrogen and oxygen atoms in total. The summed E-state index contributed by atoms with van der Waals surface area (Å²) in [6.07, 6.45) is 1.42. The molecule has 0 saturated carbocycles. The number of hydrogen-bond donors (Lipinski definition) is 2. The molecule has 0 spiro atoms. The maximum Gasteiger partial charge on any atom is 0.224 e. The van der Waals surface area contributed by atoms with Crippen LogP contribution in [0.1, 0.15) is 33.6 Å². The van der Waals surface area contributed by atoms with Crippen LogP contribution in [0.3, 0.4) is 0 Å². The van der Waals surface area contributed by atoms with Gasteiger partial charge in [0.05, 0.1) is 5.92 Å². The highest BCUT2D eigenvalue weighted by molar-refractivity contribution is 5.80. The monoisotopic (exact) mass is 271 g/mol. The lowest BCUT2D eigenvalue weighted by Crippen LogP contribution is -2.38. The molecule has 112 valence electrons. The van der Waals surface area contributed by atoms with Gasteiger partial charge in [-0.15, -0.1) is 0 Å². The quantitative estimate of drug-likeness (QED) is 0.687. The molecule has 19 heavy (non-hydrogen) atoms. The van der Waals surface area contributed by atoms with Gasteiger partial charge in [-0.1, -0.05) is 20.8 Å². The summed E-state index contributed by atoms with van der Waals surface area (Å²) in [7, 11) is 3.35. The Morgan fingerprint density at radius 1 is 1.26 bits per heavy atom. The lowest BCUT2D eigenvalue weighted by Gasteiger charge is -2.24. The van der Waals surface area contributed by atoms with Crippen molar-refractivity contribution in [3.8, 4) is 0 Å². The van der Waals surface area contributed by atoms with Crippen molar-refractivity contribution in [2.45, 2.75) is 33.6 Å². The molecular weight excluding hydrogens is 242 g/mol. The maximum absolute atomic E-state index is 12.1. The molecule has 0 aliphatic rings. The number of nitrogens with one attached hydrogen (secondary N) is 1. The fourth-order valence-corrected chi connectivity index (χ4v) is 2.17. The summed E-state index contributed by atoms with van der Waals surface area (Å²) in [5, 5.41) is 2.59. The largest absolute Gasteiger partial charge is 0.359 e. The second kappa shape index (κ2) is 8.91. The summed E-state index contributed by atoms with van der Waals surface area (Å²) in [4.78, 5) is 25.1. The number of rotatable bonds is 8. The molecule has 3 N–H and O–H groups in total. The first kappa shape index (κ1) is 17.9. The zero-order valence-corrected chi connectivity index (χ0v) is 12.9. The van der Waals surface area contributed by atoms with Crippen molar-refractivity contribution >= 4 is 11.8 Å². The van der Waals surface area contributed by atoms with E-state index in [0.717, 1.165) is 6.42 Å². The Hall–Kier alpha value is -1.10. The van der Waals surface area contributed by atoms with Gasteiger partial charge in [-0.3, -0.25) is 9.59 Å². The minimum atomic E-state index is -0.194. The van der Waals surface area contributed by atoms with Gasteiger partial charge in [0.15, 0.2) is 0 Å². The first-order valence-electron chi connectivity index (χ1n) is 6.97. The number of carbonyl (C=O) groups excluding carboxylic acids is 2. The van der Waals surface area contributed by atoms with Gasteiger partial charge in [0.25, 0.3) is 0 Å². The average Bonchev–Trinajstić information content (AvgIpc) is 2.35. The van der Waals surface area contributed by atoms with E-state index in [2.05, 4.69) is 19.2 Å². The molecule has 0 heterocycles. The van der Waals surface area contributed by atoms with Gasteiger partial charge in [0.2, 0.25) is 11.8 Å². The van der Waals surface area contributed by atoms with Crippen LogP contribution >= 0.6 is 0 Å². The van der Waals surface area contributed by atoms with Crippen LogP contribution < -0.4 is 11.1 Å². The van der Waals surface area contributed by atoms with Crippen molar-refractivity contribution in [1.29, 1.82) is 0 Å². The van der Waals surface area contributed by atoms with E-state index in [1.54, 1.807) is 19.0 Å². The molecule has 0 aromatic rings. The second-order valence-electron chi connectivity index (χ2n) is 5.72. The van der Waals surface area contributed by atoms with Crippen molar-refractivity contribution < 1.29 is 9.59 Å². The molecule has 0 saturated heterocycles. The second-order valence-corrected chi connectivity index (χ2v) is 5.72. The Morgan fingerprint density at radius 3 is 2.26 bits per heavy atom. The predicted molar refractivity (Wildman–Crippen MR) is 77.5 cm³/mol. The SMILES string of the molecule is CNC(=O)C(C)CN(C)C(=O)CC(CN)CC(C)C. The van der Waals surface area contributed by atoms with E-state index >= 15 is 0 Å². The summed E-state index contributed by atoms with van der Waals surface area (Å²) >= 11 is 0. The molecule has 0 rings (SSSR count). The zero-order chi connectivity index (χ0) is 15.0. The van der Waals surface area contributed by atoms with Gasteiger partial charge >= 0.3 is 0 Å². The van der Waals surface area contributed by atoms with Crippen LogP contribution in [0.5, 0.6) is 0 Å². The van der Waals surface area contributed by atoms with Crippen molar-refractivity contribution in [1.82, 2.24) is 10.2 Å². The molecule has 0 fully saturated rings. The fraction of sp³-hybridized carbons (Fsp3) is 0.857. The Balaban J connectivity index is 4.28. The highest BCUT2D eigenvalue weighted by atomic mass is 16.2. The van der Waals surface area contributed by atoms with E-state index in [4.69, 9.17) is 5.73 Å². The molecule has 0 bridgehead atoms. The topological polar surface area (TPSA) is 75.4 Å². The predicted octanol–water partition coefficient (Wildman–Crippen LogP) is 0.838. The Bertz CT molecular complexity index is 292. The van der Waals surface area contributed by atoms with E-state index in [1.165, 1.54) is 0 Å². The van der Waals surface area contributed by atoms with Crippen LogP contribution in [0.2, 0.25) is 0 Å². The molecule has 0 aromatic carbocycles. The van der Waals surface area contributed by atoms with E-state index < -0.39 is 0 Å². The Kier molecular flexibility index (Phi) is 8.39. The lowest BCUT2D eigenvalue weighted by molar-refractivity contribution is -0.132. The van der Waals surface area contributed by atoms with E-state index in [0.29, 0.717) is 25.4 Å². The molecule has 0 radical (unpaired) electrons. The van der Waals surface area contributed by atoms with Gasteiger partial charge in [0, 0.05) is 27.1 Å². The molecule has 2 atom stereocenters. The van der Waals surface area contributed by atoms with Crippen LogP contribution in [0.15, 0.2) is 0 Å². The summed E-state index contributed by atoms with van der Waals surface area (Å²) in [5.41, 5.74) is 5.71. The summed E-state index contributed by atoms with van der Waals surface area (Å²) in [6.45, 7) is 7.05. The third-order valence-electron chi connectivity index (χ3n) is 3.27. The van der Waals surface area contributed by atoms with Gasteiger partial charge in [0.1, 0.15) is 0 Å². The van der Waals surface area contributed by atoms with Crippen LogP contribution in [0.4, 0.5) is 0 Å². The lowest BCUT2D eigenvalue weighted by atomic mass is 9.93. The third-order valence-corrected chi connectivity index (χ3v) is 3.27. The van der Waals surface area contributed by atoms with Crippen molar-refractivity contribution in [2.24, 2.45) is 23.5 Å². The molecular formula is C14H29N3O2. The number of carbonyl (C=O) groups is 2. The van der Waals surface area contributed by atoms with Crippen molar-refractivity contribution in [3.63, 3.8) is 0 Å². The summed E-state index contributed by atoms with van der Waals surface area (Å²) < 4.78 is 0. The summed E-state index contributed by atoms with van der Waals surface area (Å²) in [6, 6.07) is 0. The Labute approximate surface area is 116 Å². The van der Waals surface area contributed by atoms with Gasteiger partial charge in [-0.05, 0) is 24.8 Å². The highest BCUT2D eigenvalue weighted by Crippen LogP contribution is 2.15. The van der Waals surface area contributed by atoms with Crippen molar-refractivity contribution in [3.05, 3.63) is 0 Å². The molecule has 0 aliphatic heterocycles. The van der Waals surface area contributed by atoms with E-state index in [1.807, 2.05) is 6.92 Å². The zero-order valence-electron chi connectivity index (χ0n) is 12.9. The molecule has 2 amide bonds. The minimum absolute atomic E-state index is 0.0443. The maximum atomic E-state index is 12.1. The smallest absolute Gasteiger partial charge is 0.224 e. The molecule has 2 unspecified atom stereocenters. The average molecular weight is 271 g/mol. The van der Waals surface area contributed by atoms with Gasteiger partial charge in [-0.2, -0.15) is 0 Å². The number of nitrogens with zero attached hydrogens (tertiary/aromatic N) is 1. The third kappa shape index (κ3) is 7.15. The van der Waals surface area contributed by atoms with Crippen LogP contribution in [-0.4, -0.2) is 43.9 Å². The normalized spacial score (nSPS) is 14.1. The molecule has 0 aromatic heterocycles. The first-order valence-corrected chi connectivity index (χ1v) is 6.97. The van der Waals surface area contributed by atoms with Crippen molar-refractivity contribution in [2.75, 3.05) is 27.2 Å². The highest BCUT2D eigenvalue weighted by Gasteiger charge is 2.20. The van der Waals surface area contributed by atoms with Crippen LogP contribution in [0.25, 0.3) is 0 Å². The fourth-order valence-electron chi connectivity index (χ4n) is 2.17. The van der Waals surface area contributed by atoms with E-state index in [9.17, 15) is 9.59 Å². The Morgan fingerprint density at radius 2 is 1.84 bits per heavy atom. The van der Waals surface area contributed by atoms with E-state index in [-0.39, 0.29) is 23.7 Å². The van der Waals surface area contributed by atoms with Gasteiger partial charge in [-0.25, -0.2) is 0 Å². The number of amides is 2. The summed E-state index contributed by atoms with van der Waals surface area (Å²) in [5.74, 6) is 0.589.